The van der Waals surface area contributed by atoms with Crippen LogP contribution in [0.3, 0.4) is 0 Å². The zero-order valence-corrected chi connectivity index (χ0v) is 10.0. The molecule has 2 unspecified atom stereocenters. The number of hydrogen-bond donors (Lipinski definition) is 0. The van der Waals surface area contributed by atoms with Gasteiger partial charge in [-0.05, 0) is 13.0 Å². The maximum Gasteiger partial charge on any atom is 0.237 e. The minimum absolute atomic E-state index is 0.0165. The van der Waals surface area contributed by atoms with Crippen molar-refractivity contribution in [3.05, 3.63) is 41.5 Å². The van der Waals surface area contributed by atoms with Crippen molar-refractivity contribution in [1.29, 1.82) is 0 Å². The molecule has 0 amide bonds. The topological polar surface area (TPSA) is 48.2 Å². The summed E-state index contributed by atoms with van der Waals surface area (Å²) < 4.78 is 10.8. The van der Waals surface area contributed by atoms with Crippen LogP contribution in [0, 0.1) is 0 Å². The maximum atomic E-state index is 5.91. The molecule has 0 fully saturated rings. The first-order chi connectivity index (χ1) is 8.25. The van der Waals surface area contributed by atoms with E-state index in [0.717, 1.165) is 11.3 Å². The van der Waals surface area contributed by atoms with E-state index < -0.39 is 0 Å². The summed E-state index contributed by atoms with van der Waals surface area (Å²) in [5.41, 5.74) is 1.09. The quantitative estimate of drug-likeness (QED) is 0.769. The van der Waals surface area contributed by atoms with E-state index in [2.05, 4.69) is 10.1 Å². The van der Waals surface area contributed by atoms with Crippen LogP contribution in [0.2, 0.25) is 0 Å². The summed E-state index contributed by atoms with van der Waals surface area (Å²) in [6.07, 6.45) is 0. The van der Waals surface area contributed by atoms with Gasteiger partial charge in [-0.25, -0.2) is 0 Å². The fraction of sp³-hybridized carbons (Fsp3) is 0.333. The summed E-state index contributed by atoms with van der Waals surface area (Å²) in [5, 5.41) is 3.61. The molecular formula is C12H11ClN2O2. The Balaban J connectivity index is 1.95. The van der Waals surface area contributed by atoms with Gasteiger partial charge in [-0.2, -0.15) is 4.98 Å². The number of benzene rings is 1. The van der Waals surface area contributed by atoms with Crippen LogP contribution >= 0.6 is 11.6 Å². The van der Waals surface area contributed by atoms with Crippen LogP contribution < -0.4 is 4.74 Å². The van der Waals surface area contributed by atoms with Crippen molar-refractivity contribution in [3.8, 4) is 5.75 Å². The molecule has 88 valence electrons. The van der Waals surface area contributed by atoms with Crippen LogP contribution in [-0.4, -0.2) is 16.7 Å². The van der Waals surface area contributed by atoms with Crippen LogP contribution in [0.25, 0.3) is 0 Å². The molecule has 0 radical (unpaired) electrons. The van der Waals surface area contributed by atoms with Crippen molar-refractivity contribution < 1.29 is 9.26 Å². The van der Waals surface area contributed by atoms with E-state index in [1.54, 1.807) is 0 Å². The number of aromatic nitrogens is 2. The molecule has 2 heterocycles. The zero-order chi connectivity index (χ0) is 11.8. The van der Waals surface area contributed by atoms with Crippen molar-refractivity contribution in [2.24, 2.45) is 0 Å². The molecule has 2 aromatic rings. The molecule has 1 aromatic carbocycles. The predicted octanol–water partition coefficient (Wildman–Crippen LogP) is 2.89. The third kappa shape index (κ3) is 1.78. The molecule has 3 rings (SSSR count). The Hall–Kier alpha value is -1.55. The molecule has 0 saturated carbocycles. The lowest BCUT2D eigenvalue weighted by molar-refractivity contribution is 0.304. The number of halogens is 1. The summed E-state index contributed by atoms with van der Waals surface area (Å²) in [6.45, 7) is 2.35. The standard InChI is InChI=1S/C12H11ClN2O2/c1-7(13)11-14-12(17-15-11)9-6-16-10-5-3-2-4-8(9)10/h2-5,7,9H,6H2,1H3. The normalized spacial score (nSPS) is 19.8. The highest BCUT2D eigenvalue weighted by Gasteiger charge is 2.30. The highest BCUT2D eigenvalue weighted by molar-refractivity contribution is 6.20. The number of rotatable bonds is 2. The highest BCUT2D eigenvalue weighted by Crippen LogP contribution is 2.37. The van der Waals surface area contributed by atoms with Gasteiger partial charge in [0.2, 0.25) is 5.89 Å². The molecular weight excluding hydrogens is 240 g/mol. The van der Waals surface area contributed by atoms with Gasteiger partial charge in [-0.3, -0.25) is 0 Å². The van der Waals surface area contributed by atoms with E-state index in [4.69, 9.17) is 20.9 Å². The third-order valence-electron chi connectivity index (χ3n) is 2.81. The first-order valence-corrected chi connectivity index (χ1v) is 5.88. The summed E-state index contributed by atoms with van der Waals surface area (Å²) >= 11 is 5.91. The minimum atomic E-state index is -0.245. The summed E-state index contributed by atoms with van der Waals surface area (Å²) in [6, 6.07) is 7.88. The predicted molar refractivity (Wildman–Crippen MR) is 62.3 cm³/mol. The fourth-order valence-corrected chi connectivity index (χ4v) is 2.01. The van der Waals surface area contributed by atoms with Crippen molar-refractivity contribution in [3.63, 3.8) is 0 Å². The summed E-state index contributed by atoms with van der Waals surface area (Å²) in [7, 11) is 0. The molecule has 0 aliphatic carbocycles. The highest BCUT2D eigenvalue weighted by atomic mass is 35.5. The lowest BCUT2D eigenvalue weighted by Crippen LogP contribution is -2.03. The molecule has 0 spiro atoms. The SMILES string of the molecule is CC(Cl)c1noc(C2COc3ccccc32)n1. The Kier molecular flexibility index (Phi) is 2.52. The molecule has 1 aromatic heterocycles. The molecule has 17 heavy (non-hydrogen) atoms. The number of alkyl halides is 1. The molecule has 1 aliphatic rings. The van der Waals surface area contributed by atoms with E-state index >= 15 is 0 Å². The average molecular weight is 251 g/mol. The monoisotopic (exact) mass is 250 g/mol. The van der Waals surface area contributed by atoms with E-state index in [-0.39, 0.29) is 11.3 Å². The lowest BCUT2D eigenvalue weighted by atomic mass is 10.0. The number of ether oxygens (including phenoxy) is 1. The fourth-order valence-electron chi connectivity index (χ4n) is 1.92. The van der Waals surface area contributed by atoms with Gasteiger partial charge >= 0.3 is 0 Å². The summed E-state index contributed by atoms with van der Waals surface area (Å²) in [4.78, 5) is 4.30. The van der Waals surface area contributed by atoms with Gasteiger partial charge in [0.25, 0.3) is 0 Å². The second-order valence-corrected chi connectivity index (χ2v) is 4.66. The minimum Gasteiger partial charge on any atom is -0.492 e. The van der Waals surface area contributed by atoms with E-state index in [1.165, 1.54) is 0 Å². The van der Waals surface area contributed by atoms with Crippen molar-refractivity contribution >= 4 is 11.6 Å². The number of fused-ring (bicyclic) bond motifs is 1. The van der Waals surface area contributed by atoms with Crippen LogP contribution in [0.1, 0.15) is 35.5 Å². The summed E-state index contributed by atoms with van der Waals surface area (Å²) in [5.74, 6) is 1.99. The van der Waals surface area contributed by atoms with E-state index in [1.807, 2.05) is 31.2 Å². The van der Waals surface area contributed by atoms with Crippen LogP contribution in [-0.2, 0) is 0 Å². The van der Waals surface area contributed by atoms with Crippen molar-refractivity contribution in [2.75, 3.05) is 6.61 Å². The Morgan fingerprint density at radius 1 is 1.41 bits per heavy atom. The second-order valence-electron chi connectivity index (χ2n) is 4.01. The van der Waals surface area contributed by atoms with Gasteiger partial charge in [0, 0.05) is 5.56 Å². The van der Waals surface area contributed by atoms with Gasteiger partial charge < -0.3 is 9.26 Å². The molecule has 5 heteroatoms. The smallest absolute Gasteiger partial charge is 0.237 e. The Morgan fingerprint density at radius 3 is 3.00 bits per heavy atom. The van der Waals surface area contributed by atoms with Crippen molar-refractivity contribution in [2.45, 2.75) is 18.2 Å². The van der Waals surface area contributed by atoms with Gasteiger partial charge in [-0.15, -0.1) is 11.6 Å². The van der Waals surface area contributed by atoms with Crippen LogP contribution in [0.4, 0.5) is 0 Å². The van der Waals surface area contributed by atoms with Crippen molar-refractivity contribution in [1.82, 2.24) is 10.1 Å². The number of nitrogens with zero attached hydrogens (tertiary/aromatic N) is 2. The van der Waals surface area contributed by atoms with E-state index in [0.29, 0.717) is 18.3 Å². The maximum absolute atomic E-state index is 5.91. The Morgan fingerprint density at radius 2 is 2.24 bits per heavy atom. The van der Waals surface area contributed by atoms with Gasteiger partial charge in [0.05, 0.1) is 5.38 Å². The average Bonchev–Trinajstić information content (AvgIpc) is 2.95. The van der Waals surface area contributed by atoms with Crippen LogP contribution in [0.15, 0.2) is 28.8 Å². The first-order valence-electron chi connectivity index (χ1n) is 5.45. The Bertz CT molecular complexity index is 539. The largest absolute Gasteiger partial charge is 0.492 e. The third-order valence-corrected chi connectivity index (χ3v) is 3.01. The first kappa shape index (κ1) is 10.6. The second kappa shape index (κ2) is 4.04. The van der Waals surface area contributed by atoms with Gasteiger partial charge in [-0.1, -0.05) is 23.4 Å². The molecule has 2 atom stereocenters. The molecule has 4 nitrogen and oxygen atoms in total. The zero-order valence-electron chi connectivity index (χ0n) is 9.26. The molecule has 0 N–H and O–H groups in total. The molecule has 0 saturated heterocycles. The number of para-hydroxylation sites is 1. The number of hydrogen-bond acceptors (Lipinski definition) is 4. The van der Waals surface area contributed by atoms with Crippen LogP contribution in [0.5, 0.6) is 5.75 Å². The van der Waals surface area contributed by atoms with E-state index in [9.17, 15) is 0 Å². The Labute approximate surface area is 104 Å². The molecule has 1 aliphatic heterocycles. The molecule has 0 bridgehead atoms. The van der Waals surface area contributed by atoms with Gasteiger partial charge in [0.15, 0.2) is 5.82 Å². The lowest BCUT2D eigenvalue weighted by Gasteiger charge is -2.01. The van der Waals surface area contributed by atoms with Gasteiger partial charge in [0.1, 0.15) is 18.3 Å².